The predicted molar refractivity (Wildman–Crippen MR) is 168 cm³/mol. The number of H-pyrrole nitrogens is 1. The third kappa shape index (κ3) is 8.67. The van der Waals surface area contributed by atoms with Crippen molar-refractivity contribution in [1.82, 2.24) is 34.8 Å². The van der Waals surface area contributed by atoms with E-state index >= 15 is 0 Å². The van der Waals surface area contributed by atoms with Gasteiger partial charge in [-0.15, -0.1) is 0 Å². The number of aromatic amines is 1. The Kier molecular flexibility index (Phi) is 11.4. The first-order valence-electron chi connectivity index (χ1n) is 14.5. The zero-order chi connectivity index (χ0) is 29.4. The Morgan fingerprint density at radius 2 is 1.63 bits per heavy atom. The van der Waals surface area contributed by atoms with Gasteiger partial charge in [-0.05, 0) is 75.1 Å². The third-order valence-corrected chi connectivity index (χ3v) is 8.56. The van der Waals surface area contributed by atoms with E-state index in [-0.39, 0.29) is 5.91 Å². The number of ketones is 1. The average Bonchev–Trinajstić information content (AvgIpc) is 3.72. The van der Waals surface area contributed by atoms with Crippen LogP contribution in [0.4, 0.5) is 0 Å². The topological polar surface area (TPSA) is 110 Å². The van der Waals surface area contributed by atoms with Gasteiger partial charge in [-0.1, -0.05) is 40.0 Å². The van der Waals surface area contributed by atoms with Gasteiger partial charge in [0, 0.05) is 63.6 Å². The maximum absolute atomic E-state index is 12.0. The fourth-order valence-corrected chi connectivity index (χ4v) is 6.38. The molecule has 41 heavy (non-hydrogen) atoms. The predicted octanol–water partition coefficient (Wildman–Crippen LogP) is 7.31. The lowest BCUT2D eigenvalue weighted by Crippen LogP contribution is -2.28. The quantitative estimate of drug-likeness (QED) is 0.218. The van der Waals surface area contributed by atoms with Gasteiger partial charge in [-0.25, -0.2) is 9.97 Å². The monoisotopic (exact) mass is 687 g/mol. The molecule has 1 N–H and O–H groups in total. The number of carbonyl (C=O) groups is 2. The highest BCUT2D eigenvalue weighted by molar-refractivity contribution is 9.10. The molecule has 2 fully saturated rings. The van der Waals surface area contributed by atoms with E-state index in [2.05, 4.69) is 77.9 Å². The van der Waals surface area contributed by atoms with E-state index in [0.717, 1.165) is 63.5 Å². The molecule has 1 aliphatic carbocycles. The number of carbonyl (C=O) groups excluding carboxylic acids is 2. The second-order valence-electron chi connectivity index (χ2n) is 11.0. The molecule has 0 bridgehead atoms. The molecule has 4 aromatic heterocycles. The van der Waals surface area contributed by atoms with Crippen molar-refractivity contribution in [3.05, 3.63) is 45.9 Å². The van der Waals surface area contributed by atoms with Gasteiger partial charge in [0.2, 0.25) is 5.91 Å². The van der Waals surface area contributed by atoms with Crippen molar-refractivity contribution in [2.75, 3.05) is 6.54 Å². The second-order valence-corrected chi connectivity index (χ2v) is 12.8. The molecule has 5 heterocycles. The molecule has 1 amide bonds. The lowest BCUT2D eigenvalue weighted by atomic mass is 9.99. The highest BCUT2D eigenvalue weighted by atomic mass is 79.9. The molecule has 1 saturated heterocycles. The Labute approximate surface area is 258 Å². The van der Waals surface area contributed by atoms with Crippen molar-refractivity contribution in [1.29, 1.82) is 0 Å². The van der Waals surface area contributed by atoms with Crippen LogP contribution < -0.4 is 0 Å². The van der Waals surface area contributed by atoms with Crippen LogP contribution in [-0.2, 0) is 16.3 Å². The van der Waals surface area contributed by atoms with Gasteiger partial charge in [-0.3, -0.25) is 19.4 Å². The minimum Gasteiger partial charge on any atom is -0.323 e. The first-order valence-corrected chi connectivity index (χ1v) is 16.1. The van der Waals surface area contributed by atoms with Crippen molar-refractivity contribution in [2.24, 2.45) is 17.8 Å². The van der Waals surface area contributed by atoms with Gasteiger partial charge >= 0.3 is 0 Å². The molecule has 11 heteroatoms. The summed E-state index contributed by atoms with van der Waals surface area (Å²) in [7, 11) is 0. The summed E-state index contributed by atoms with van der Waals surface area (Å²) in [5.41, 5.74) is 1.54. The molecule has 9 nitrogen and oxygen atoms in total. The number of aromatic nitrogens is 6. The van der Waals surface area contributed by atoms with Gasteiger partial charge in [-0.2, -0.15) is 10.2 Å². The highest BCUT2D eigenvalue weighted by Crippen LogP contribution is 2.32. The summed E-state index contributed by atoms with van der Waals surface area (Å²) in [6.07, 6.45) is 15.7. The number of hydrogen-bond donors (Lipinski definition) is 1. The molecule has 2 aliphatic rings. The smallest absolute Gasteiger partial charge is 0.224 e. The number of rotatable bonds is 7. The zero-order valence-corrected chi connectivity index (χ0v) is 27.2. The van der Waals surface area contributed by atoms with E-state index in [1.807, 2.05) is 23.2 Å². The van der Waals surface area contributed by atoms with Crippen molar-refractivity contribution >= 4 is 65.6 Å². The third-order valence-electron chi connectivity index (χ3n) is 7.69. The van der Waals surface area contributed by atoms with Crippen LogP contribution >= 0.6 is 31.9 Å². The number of hydrogen-bond acceptors (Lipinski definition) is 6. The molecule has 3 unspecified atom stereocenters. The first-order chi connectivity index (χ1) is 19.8. The normalized spacial score (nSPS) is 20.3. The molecule has 3 atom stereocenters. The fraction of sp³-hybridized carbons (Fsp3) is 0.533. The Morgan fingerprint density at radius 1 is 0.927 bits per heavy atom. The molecular weight excluding hydrogens is 650 g/mol. The first kappa shape index (κ1) is 31.3. The maximum Gasteiger partial charge on any atom is 0.224 e. The molecule has 220 valence electrons. The van der Waals surface area contributed by atoms with Gasteiger partial charge in [0.05, 0.1) is 6.20 Å². The van der Waals surface area contributed by atoms with E-state index in [0.29, 0.717) is 36.4 Å². The number of nitrogens with one attached hydrogen (secondary N) is 1. The van der Waals surface area contributed by atoms with Crippen molar-refractivity contribution in [3.8, 4) is 0 Å². The van der Waals surface area contributed by atoms with Crippen molar-refractivity contribution < 1.29 is 9.59 Å². The summed E-state index contributed by atoms with van der Waals surface area (Å²) in [4.78, 5) is 33.5. The molecule has 1 saturated carbocycles. The average molecular weight is 689 g/mol. The van der Waals surface area contributed by atoms with Crippen LogP contribution in [0.25, 0.3) is 22.1 Å². The molecule has 4 aromatic rings. The van der Waals surface area contributed by atoms with Crippen molar-refractivity contribution in [3.63, 3.8) is 0 Å². The number of likely N-dealkylation sites (tertiary alicyclic amines) is 1. The molecule has 0 spiro atoms. The lowest BCUT2D eigenvalue weighted by molar-refractivity contribution is -0.129. The number of nitrogens with zero attached hydrogens (tertiary/aromatic N) is 6. The van der Waals surface area contributed by atoms with Crippen LogP contribution in [0.15, 0.2) is 45.9 Å². The molecule has 1 aliphatic heterocycles. The Bertz CT molecular complexity index is 1450. The highest BCUT2D eigenvalue weighted by Gasteiger charge is 2.30. The summed E-state index contributed by atoms with van der Waals surface area (Å²) < 4.78 is 3.71. The minimum atomic E-state index is 0.233. The zero-order valence-electron chi connectivity index (χ0n) is 24.0. The minimum absolute atomic E-state index is 0.233. The summed E-state index contributed by atoms with van der Waals surface area (Å²) >= 11 is 6.71. The van der Waals surface area contributed by atoms with Crippen LogP contribution in [0.5, 0.6) is 0 Å². The van der Waals surface area contributed by atoms with E-state index in [1.54, 1.807) is 23.3 Å². The lowest BCUT2D eigenvalue weighted by Gasteiger charge is -2.16. The van der Waals surface area contributed by atoms with E-state index in [9.17, 15) is 9.59 Å². The molecule has 6 rings (SSSR count). The van der Waals surface area contributed by atoms with Gasteiger partial charge < -0.3 is 4.90 Å². The van der Waals surface area contributed by atoms with Crippen molar-refractivity contribution in [2.45, 2.75) is 78.8 Å². The van der Waals surface area contributed by atoms with Crippen LogP contribution in [0, 0.1) is 17.8 Å². The van der Waals surface area contributed by atoms with Gasteiger partial charge in [0.15, 0.2) is 11.3 Å². The van der Waals surface area contributed by atoms with Crippen LogP contribution in [0.3, 0.4) is 0 Å². The summed E-state index contributed by atoms with van der Waals surface area (Å²) in [5, 5.41) is 13.0. The van der Waals surface area contributed by atoms with E-state index in [4.69, 9.17) is 0 Å². The van der Waals surface area contributed by atoms with E-state index < -0.39 is 0 Å². The summed E-state index contributed by atoms with van der Waals surface area (Å²) in [5.74, 6) is 2.39. The Morgan fingerprint density at radius 3 is 2.34 bits per heavy atom. The summed E-state index contributed by atoms with van der Waals surface area (Å²) in [6, 6.07) is 3.95. The second kappa shape index (κ2) is 15.0. The molecule has 0 radical (unpaired) electrons. The van der Waals surface area contributed by atoms with Crippen LogP contribution in [-0.4, -0.2) is 53.1 Å². The van der Waals surface area contributed by atoms with Gasteiger partial charge in [0.1, 0.15) is 12.5 Å². The van der Waals surface area contributed by atoms with Crippen LogP contribution in [0.1, 0.15) is 72.1 Å². The fourth-order valence-electron chi connectivity index (χ4n) is 5.68. The largest absolute Gasteiger partial charge is 0.323 e. The summed E-state index contributed by atoms with van der Waals surface area (Å²) in [6.45, 7) is 7.85. The Balaban J connectivity index is 0.000000156. The number of Topliss-reactive ketones (excluding diaryl/α,β-unsaturated/α-hetero) is 1. The number of halogens is 2. The standard InChI is InChI=1S/C14H17BrN4O.C10H18O.C6H4BrN3/c1-2-3-10-4-13(20)18(7-10)9-19-8-11-5-12(15)6-16-14(11)17-19;1-3-5-8-6-9(4-2)10(11)7-8;7-5-1-4-2-9-10-6(4)8-3-5/h5-6,8,10H,2-4,7,9H2,1H3;8-9H,3-7H2,1-2H3;1-3H,(H,8,9,10). The maximum atomic E-state index is 12.0. The Hall–Kier alpha value is -2.66. The van der Waals surface area contributed by atoms with Gasteiger partial charge in [0.25, 0.3) is 0 Å². The van der Waals surface area contributed by atoms with Crippen LogP contribution in [0.2, 0.25) is 0 Å². The molecular formula is C30H39Br2N7O2. The number of fused-ring (bicyclic) bond motifs is 2. The number of amides is 1. The SMILES string of the molecule is Brc1cnc2[nH]ncc2c1.CCCC1CC(=O)C(CC)C1.CCCC1CC(=O)N(Cn2cc3cc(Br)cnc3n2)C1. The molecule has 0 aromatic carbocycles. The van der Waals surface area contributed by atoms with E-state index in [1.165, 1.54) is 19.3 Å². The number of pyridine rings is 2.